The van der Waals surface area contributed by atoms with Crippen LogP contribution in [0.3, 0.4) is 0 Å². The Bertz CT molecular complexity index is 1490. The van der Waals surface area contributed by atoms with Crippen LogP contribution < -0.4 is 20.1 Å². The normalized spacial score (nSPS) is 26.5. The van der Waals surface area contributed by atoms with Crippen molar-refractivity contribution in [2.24, 2.45) is 0 Å². The lowest BCUT2D eigenvalue weighted by Crippen LogP contribution is -2.59. The van der Waals surface area contributed by atoms with Crippen molar-refractivity contribution in [2.75, 3.05) is 6.61 Å². The molecule has 12 heteroatoms. The summed E-state index contributed by atoms with van der Waals surface area (Å²) < 4.78 is 46.0. The average Bonchev–Trinajstić information content (AvgIpc) is 3.25. The Labute approximate surface area is 287 Å². The van der Waals surface area contributed by atoms with Crippen LogP contribution in [0, 0.1) is 6.92 Å². The minimum Gasteiger partial charge on any atom is -0.487 e. The number of rotatable bonds is 13. The first kappa shape index (κ1) is 38.1. The second-order valence-electron chi connectivity index (χ2n) is 13.8. The Morgan fingerprint density at radius 2 is 1.80 bits per heavy atom. The molecule has 10 nitrogen and oxygen atoms in total. The van der Waals surface area contributed by atoms with Crippen LogP contribution in [0.25, 0.3) is 0 Å². The molecule has 3 heterocycles. The van der Waals surface area contributed by atoms with Gasteiger partial charge in [-0.15, -0.1) is 0 Å². The van der Waals surface area contributed by atoms with Crippen molar-refractivity contribution in [2.45, 2.75) is 129 Å². The van der Waals surface area contributed by atoms with Gasteiger partial charge in [0.1, 0.15) is 29.4 Å². The summed E-state index contributed by atoms with van der Waals surface area (Å²) in [6.45, 7) is 11.8. The molecule has 4 N–H and O–H groups in total. The summed E-state index contributed by atoms with van der Waals surface area (Å²) >= 11 is 0. The molecule has 1 fully saturated rings. The number of hydrogen-bond donors (Lipinski definition) is 4. The van der Waals surface area contributed by atoms with Gasteiger partial charge in [0.2, 0.25) is 6.23 Å². The molecule has 5 unspecified atom stereocenters. The predicted molar refractivity (Wildman–Crippen MR) is 182 cm³/mol. The molecule has 3 aliphatic rings. The van der Waals surface area contributed by atoms with Gasteiger partial charge in [0.25, 0.3) is 0 Å². The van der Waals surface area contributed by atoms with Crippen molar-refractivity contribution in [3.8, 4) is 11.5 Å². The molecule has 49 heavy (non-hydrogen) atoms. The molecular weight excluding hydrogens is 636 g/mol. The number of nitrogens with one attached hydrogen (secondary N) is 2. The van der Waals surface area contributed by atoms with Crippen molar-refractivity contribution >= 4 is 12.1 Å². The monoisotopic (exact) mass is 687 g/mol. The van der Waals surface area contributed by atoms with Crippen molar-refractivity contribution in [3.05, 3.63) is 70.5 Å². The van der Waals surface area contributed by atoms with E-state index in [2.05, 4.69) is 63.5 Å². The van der Waals surface area contributed by atoms with Gasteiger partial charge in [0.05, 0.1) is 6.61 Å². The summed E-state index contributed by atoms with van der Waals surface area (Å²) in [6.07, 6.45) is 9.02. The highest BCUT2D eigenvalue weighted by Gasteiger charge is 2.61. The molecule has 0 bridgehead atoms. The van der Waals surface area contributed by atoms with Crippen LogP contribution in [0.4, 0.5) is 18.4 Å². The van der Waals surface area contributed by atoms with Crippen molar-refractivity contribution < 1.29 is 42.8 Å². The summed E-state index contributed by atoms with van der Waals surface area (Å²) in [7, 11) is 0. The van der Waals surface area contributed by atoms with E-state index in [1.165, 1.54) is 22.8 Å². The van der Waals surface area contributed by atoms with E-state index in [9.17, 15) is 28.6 Å². The van der Waals surface area contributed by atoms with Crippen LogP contribution in [-0.2, 0) is 11.2 Å². The van der Waals surface area contributed by atoms with Gasteiger partial charge in [-0.3, -0.25) is 10.2 Å². The number of nitrogens with zero attached hydrogens (tertiary/aromatic N) is 1. The second kappa shape index (κ2) is 16.3. The number of halogens is 2. The van der Waals surface area contributed by atoms with Crippen LogP contribution in [0.1, 0.15) is 90.7 Å². The fraction of sp³-hybridized carbons (Fsp3) is 0.568. The number of aliphatic hydroxyl groups is 2. The summed E-state index contributed by atoms with van der Waals surface area (Å²) in [5.41, 5.74) is 5.62. The second-order valence-corrected chi connectivity index (χ2v) is 13.8. The lowest BCUT2D eigenvalue weighted by molar-refractivity contribution is -0.145. The Kier molecular flexibility index (Phi) is 12.7. The topological polar surface area (TPSA) is 130 Å². The summed E-state index contributed by atoms with van der Waals surface area (Å²) in [4.78, 5) is 25.8. The highest BCUT2D eigenvalue weighted by atomic mass is 19.3. The van der Waals surface area contributed by atoms with Crippen molar-refractivity contribution in [3.63, 3.8) is 0 Å². The number of urea groups is 1. The van der Waals surface area contributed by atoms with Crippen LogP contribution >= 0.6 is 0 Å². The van der Waals surface area contributed by atoms with Crippen molar-refractivity contribution in [1.82, 2.24) is 15.5 Å². The van der Waals surface area contributed by atoms with E-state index in [0.717, 1.165) is 74.4 Å². The third-order valence-corrected chi connectivity index (χ3v) is 9.13. The predicted octanol–water partition coefficient (Wildman–Crippen LogP) is 6.94. The maximum Gasteiger partial charge on any atom is 0.414 e. The van der Waals surface area contributed by atoms with E-state index in [4.69, 9.17) is 14.2 Å². The number of amides is 3. The number of ether oxygens (including phenoxy) is 3. The molecule has 0 aromatic heterocycles. The lowest BCUT2D eigenvalue weighted by atomic mass is 9.87. The molecule has 0 spiro atoms. The maximum absolute atomic E-state index is 14.5. The highest BCUT2D eigenvalue weighted by molar-refractivity contribution is 5.79. The number of carbonyl (C=O) groups is 2. The molecule has 0 aliphatic carbocycles. The molecule has 5 atom stereocenters. The Hall–Kier alpha value is -3.74. The highest BCUT2D eigenvalue weighted by Crippen LogP contribution is 2.41. The fourth-order valence-corrected chi connectivity index (χ4v) is 6.19. The van der Waals surface area contributed by atoms with Crippen LogP contribution in [-0.4, -0.2) is 70.0 Å². The van der Waals surface area contributed by atoms with Gasteiger partial charge in [0.15, 0.2) is 6.10 Å². The number of hydrogen-bond acceptors (Lipinski definition) is 7. The molecule has 1 aromatic rings. The quantitative estimate of drug-likeness (QED) is 0.165. The fourth-order valence-electron chi connectivity index (χ4n) is 6.19. The number of aryl methyl sites for hydroxylation is 2. The first-order chi connectivity index (χ1) is 23.1. The van der Waals surface area contributed by atoms with Gasteiger partial charge in [-0.2, -0.15) is 8.78 Å². The zero-order valence-corrected chi connectivity index (χ0v) is 29.4. The smallest absolute Gasteiger partial charge is 0.414 e. The number of alkyl halides is 2. The van der Waals surface area contributed by atoms with E-state index in [1.807, 2.05) is 6.92 Å². The van der Waals surface area contributed by atoms with Gasteiger partial charge >= 0.3 is 18.0 Å². The minimum atomic E-state index is -3.82. The van der Waals surface area contributed by atoms with Crippen molar-refractivity contribution in [1.29, 1.82) is 0 Å². The minimum absolute atomic E-state index is 0.302. The zero-order valence-electron chi connectivity index (χ0n) is 29.4. The maximum atomic E-state index is 14.5. The Morgan fingerprint density at radius 3 is 2.43 bits per heavy atom. The molecular formula is C37H51F2N3O7. The lowest BCUT2D eigenvalue weighted by Gasteiger charge is -2.37. The first-order valence-corrected chi connectivity index (χ1v) is 17.0. The Morgan fingerprint density at radius 1 is 1.12 bits per heavy atom. The number of carbonyl (C=O) groups excluding carboxylic acids is 2. The van der Waals surface area contributed by atoms with Crippen LogP contribution in [0.5, 0.6) is 11.5 Å². The third-order valence-electron chi connectivity index (χ3n) is 9.13. The molecule has 1 aromatic carbocycles. The van der Waals surface area contributed by atoms with Gasteiger partial charge < -0.3 is 29.7 Å². The summed E-state index contributed by atoms with van der Waals surface area (Å²) in [5.74, 6) is -2.73. The zero-order chi connectivity index (χ0) is 35.9. The molecule has 1 saturated heterocycles. The third kappa shape index (κ3) is 9.92. The van der Waals surface area contributed by atoms with E-state index in [0.29, 0.717) is 10.6 Å². The van der Waals surface area contributed by atoms with Crippen LogP contribution in [0.15, 0.2) is 59.4 Å². The van der Waals surface area contributed by atoms with Crippen LogP contribution in [0.2, 0.25) is 0 Å². The molecule has 270 valence electrons. The molecule has 0 saturated carbocycles. The summed E-state index contributed by atoms with van der Waals surface area (Å²) in [6, 6.07) is 2.48. The first-order valence-electron chi connectivity index (χ1n) is 17.0. The molecule has 3 aliphatic heterocycles. The summed E-state index contributed by atoms with van der Waals surface area (Å²) in [5, 5.41) is 23.8. The van der Waals surface area contributed by atoms with E-state index in [1.54, 1.807) is 12.1 Å². The SMILES string of the molecule is CC(C)=CCC/C(C)=C/CC/C(C)=C/CCC1(C)CCc2cc(OC(=O)NC3C=CN(C4OC(CO)C(O)C4(F)F)C(=O)N3)cc(C)c2O1. The van der Waals surface area contributed by atoms with E-state index in [-0.39, 0.29) is 5.60 Å². The number of allylic oxidation sites excluding steroid dienone is 6. The van der Waals surface area contributed by atoms with Gasteiger partial charge in [-0.1, -0.05) is 34.9 Å². The van der Waals surface area contributed by atoms with E-state index >= 15 is 0 Å². The van der Waals surface area contributed by atoms with Gasteiger partial charge in [0, 0.05) is 6.20 Å². The molecule has 4 rings (SSSR count). The standard InChI is InChI=1S/C37H51F2N3O7/c1-23(2)10-7-11-24(3)12-8-13-25(4)14-9-17-36(6)18-15-27-21-28(20-26(5)31(27)49-36)47-35(46)41-30-16-19-42(34(45)40-30)33-37(38,39)32(44)29(22-43)48-33/h10,12,14,16,19-21,29-30,32-33,43-44H,7-9,11,13,15,17-18,22H2,1-6H3,(H,40,45)(H,41,46)/b24-12+,25-14+. The van der Waals surface area contributed by atoms with Gasteiger partial charge in [-0.25, -0.2) is 9.59 Å². The average molecular weight is 688 g/mol. The Balaban J connectivity index is 1.26. The number of benzene rings is 1. The molecule has 3 amide bonds. The molecule has 0 radical (unpaired) electrons. The largest absolute Gasteiger partial charge is 0.487 e. The van der Waals surface area contributed by atoms with E-state index < -0.39 is 49.3 Å². The number of fused-ring (bicyclic) bond motifs is 1. The van der Waals surface area contributed by atoms with Gasteiger partial charge in [-0.05, 0) is 122 Å². The number of aliphatic hydroxyl groups excluding tert-OH is 2.